The molecule has 1 N–H and O–H groups in total. The zero-order valence-corrected chi connectivity index (χ0v) is 13.4. The lowest BCUT2D eigenvalue weighted by atomic mass is 10.0. The van der Waals surface area contributed by atoms with Crippen molar-refractivity contribution in [1.82, 2.24) is 10.2 Å². The Morgan fingerprint density at radius 3 is 2.76 bits per heavy atom. The van der Waals surface area contributed by atoms with Crippen LogP contribution in [-0.4, -0.2) is 37.2 Å². The number of hydrogen-bond donors (Lipinski definition) is 1. The largest absolute Gasteiger partial charge is 0.496 e. The van der Waals surface area contributed by atoms with E-state index in [1.807, 2.05) is 0 Å². The zero-order valence-electron chi connectivity index (χ0n) is 13.4. The molecule has 0 spiro atoms. The van der Waals surface area contributed by atoms with Gasteiger partial charge in [-0.1, -0.05) is 24.1 Å². The second kappa shape index (κ2) is 6.80. The van der Waals surface area contributed by atoms with Gasteiger partial charge in [0, 0.05) is 30.7 Å². The Morgan fingerprint density at radius 1 is 1.24 bits per heavy atom. The third kappa shape index (κ3) is 3.98. The highest BCUT2D eigenvalue weighted by molar-refractivity contribution is 5.36. The Balaban J connectivity index is 1.68. The molecule has 0 amide bonds. The molecule has 21 heavy (non-hydrogen) atoms. The van der Waals surface area contributed by atoms with Crippen LogP contribution in [0.15, 0.2) is 18.2 Å². The summed E-state index contributed by atoms with van der Waals surface area (Å²) in [6.07, 6.45) is 6.77. The number of nitrogens with zero attached hydrogens (tertiary/aromatic N) is 1. The summed E-state index contributed by atoms with van der Waals surface area (Å²) in [4.78, 5) is 2.67. The van der Waals surface area contributed by atoms with Gasteiger partial charge in [0.25, 0.3) is 0 Å². The van der Waals surface area contributed by atoms with Crippen LogP contribution in [0.5, 0.6) is 5.75 Å². The highest BCUT2D eigenvalue weighted by Crippen LogP contribution is 2.31. The van der Waals surface area contributed by atoms with Crippen molar-refractivity contribution in [3.63, 3.8) is 0 Å². The van der Waals surface area contributed by atoms with E-state index in [0.717, 1.165) is 18.3 Å². The molecule has 3 nitrogen and oxygen atoms in total. The first-order valence-electron chi connectivity index (χ1n) is 8.37. The maximum absolute atomic E-state index is 5.55. The number of rotatable bonds is 6. The number of ether oxygens (including phenoxy) is 1. The Hall–Kier alpha value is -1.06. The highest BCUT2D eigenvalue weighted by Gasteiger charge is 2.31. The number of methoxy groups -OCH3 is 1. The van der Waals surface area contributed by atoms with Crippen LogP contribution >= 0.6 is 0 Å². The van der Waals surface area contributed by atoms with Crippen molar-refractivity contribution < 1.29 is 4.74 Å². The molecule has 2 fully saturated rings. The summed E-state index contributed by atoms with van der Waals surface area (Å²) in [5.41, 5.74) is 2.65. The SMILES string of the molecule is COc1ccc(C)cc1CN(CC1CCCCN1)C1CC1. The van der Waals surface area contributed by atoms with Crippen molar-refractivity contribution in [2.75, 3.05) is 20.2 Å². The molecule has 2 aliphatic rings. The third-order valence-corrected chi connectivity index (χ3v) is 4.74. The summed E-state index contributed by atoms with van der Waals surface area (Å²) in [6.45, 7) is 5.56. The van der Waals surface area contributed by atoms with Crippen molar-refractivity contribution in [1.29, 1.82) is 0 Å². The van der Waals surface area contributed by atoms with E-state index in [1.165, 1.54) is 56.3 Å². The molecular weight excluding hydrogens is 260 g/mol. The Kier molecular flexibility index (Phi) is 4.81. The van der Waals surface area contributed by atoms with Crippen LogP contribution in [0.4, 0.5) is 0 Å². The lowest BCUT2D eigenvalue weighted by Crippen LogP contribution is -2.44. The van der Waals surface area contributed by atoms with Crippen molar-refractivity contribution >= 4 is 0 Å². The van der Waals surface area contributed by atoms with E-state index >= 15 is 0 Å². The standard InChI is InChI=1S/C18H28N2O/c1-14-6-9-18(21-2)15(11-14)12-20(17-7-8-17)13-16-5-3-4-10-19-16/h6,9,11,16-17,19H,3-5,7-8,10,12-13H2,1-2H3. The monoisotopic (exact) mass is 288 g/mol. The van der Waals surface area contributed by atoms with Crippen molar-refractivity contribution in [3.05, 3.63) is 29.3 Å². The Morgan fingerprint density at radius 2 is 2.10 bits per heavy atom. The second-order valence-corrected chi connectivity index (χ2v) is 6.62. The molecule has 1 atom stereocenters. The molecule has 1 aliphatic heterocycles. The lowest BCUT2D eigenvalue weighted by molar-refractivity contribution is 0.206. The number of hydrogen-bond acceptors (Lipinski definition) is 3. The van der Waals surface area contributed by atoms with Gasteiger partial charge in [-0.3, -0.25) is 4.90 Å². The van der Waals surface area contributed by atoms with Gasteiger partial charge in [0.2, 0.25) is 0 Å². The predicted octanol–water partition coefficient (Wildman–Crippen LogP) is 3.11. The molecule has 0 bridgehead atoms. The maximum Gasteiger partial charge on any atom is 0.123 e. The smallest absolute Gasteiger partial charge is 0.123 e. The summed E-state index contributed by atoms with van der Waals surface area (Å²) < 4.78 is 5.55. The van der Waals surface area contributed by atoms with Crippen LogP contribution in [0.2, 0.25) is 0 Å². The minimum Gasteiger partial charge on any atom is -0.496 e. The fourth-order valence-corrected chi connectivity index (χ4v) is 3.40. The van der Waals surface area contributed by atoms with Gasteiger partial charge in [-0.15, -0.1) is 0 Å². The molecule has 1 aliphatic carbocycles. The molecular formula is C18H28N2O. The van der Waals surface area contributed by atoms with Gasteiger partial charge >= 0.3 is 0 Å². The van der Waals surface area contributed by atoms with E-state index in [4.69, 9.17) is 4.74 Å². The van der Waals surface area contributed by atoms with Crippen LogP contribution in [0.1, 0.15) is 43.2 Å². The molecule has 1 aromatic carbocycles. The van der Waals surface area contributed by atoms with Crippen LogP contribution in [0, 0.1) is 6.92 Å². The van der Waals surface area contributed by atoms with E-state index in [2.05, 4.69) is 35.3 Å². The lowest BCUT2D eigenvalue weighted by Gasteiger charge is -2.31. The van der Waals surface area contributed by atoms with Crippen LogP contribution in [0.25, 0.3) is 0 Å². The predicted molar refractivity (Wildman–Crippen MR) is 86.8 cm³/mol. The minimum atomic E-state index is 0.676. The topological polar surface area (TPSA) is 24.5 Å². The second-order valence-electron chi connectivity index (χ2n) is 6.62. The maximum atomic E-state index is 5.55. The van der Waals surface area contributed by atoms with Crippen molar-refractivity contribution in [2.24, 2.45) is 0 Å². The van der Waals surface area contributed by atoms with Gasteiger partial charge < -0.3 is 10.1 Å². The molecule has 1 heterocycles. The zero-order chi connectivity index (χ0) is 14.7. The van der Waals surface area contributed by atoms with E-state index in [9.17, 15) is 0 Å². The number of nitrogens with one attached hydrogen (secondary N) is 1. The van der Waals surface area contributed by atoms with Crippen LogP contribution in [0.3, 0.4) is 0 Å². The van der Waals surface area contributed by atoms with Gasteiger partial charge in [-0.2, -0.15) is 0 Å². The van der Waals surface area contributed by atoms with E-state index in [1.54, 1.807) is 7.11 Å². The Bertz CT molecular complexity index is 464. The van der Waals surface area contributed by atoms with E-state index in [-0.39, 0.29) is 0 Å². The van der Waals surface area contributed by atoms with Crippen molar-refractivity contribution in [2.45, 2.75) is 57.7 Å². The van der Waals surface area contributed by atoms with Gasteiger partial charge in [0.05, 0.1) is 7.11 Å². The first kappa shape index (κ1) is 14.9. The number of piperidine rings is 1. The number of aryl methyl sites for hydroxylation is 1. The first-order valence-corrected chi connectivity index (χ1v) is 8.37. The third-order valence-electron chi connectivity index (χ3n) is 4.74. The minimum absolute atomic E-state index is 0.676. The van der Waals surface area contributed by atoms with Gasteiger partial charge in [-0.05, 0) is 45.2 Å². The molecule has 0 radical (unpaired) electrons. The molecule has 3 heteroatoms. The van der Waals surface area contributed by atoms with Crippen LogP contribution < -0.4 is 10.1 Å². The first-order chi connectivity index (χ1) is 10.3. The average molecular weight is 288 g/mol. The molecule has 1 aromatic rings. The fraction of sp³-hybridized carbons (Fsp3) is 0.667. The van der Waals surface area contributed by atoms with E-state index < -0.39 is 0 Å². The fourth-order valence-electron chi connectivity index (χ4n) is 3.40. The molecule has 1 saturated carbocycles. The Labute approximate surface area is 128 Å². The molecule has 1 saturated heterocycles. The quantitative estimate of drug-likeness (QED) is 0.870. The normalized spacial score (nSPS) is 22.5. The molecule has 116 valence electrons. The summed E-state index contributed by atoms with van der Waals surface area (Å²) in [5.74, 6) is 1.03. The summed E-state index contributed by atoms with van der Waals surface area (Å²) >= 11 is 0. The van der Waals surface area contributed by atoms with Gasteiger partial charge in [0.15, 0.2) is 0 Å². The number of benzene rings is 1. The van der Waals surface area contributed by atoms with Crippen molar-refractivity contribution in [3.8, 4) is 5.75 Å². The molecule has 3 rings (SSSR count). The summed E-state index contributed by atoms with van der Waals surface area (Å²) in [5, 5.41) is 3.69. The van der Waals surface area contributed by atoms with E-state index in [0.29, 0.717) is 6.04 Å². The summed E-state index contributed by atoms with van der Waals surface area (Å²) in [6, 6.07) is 7.98. The average Bonchev–Trinajstić information content (AvgIpc) is 3.33. The summed E-state index contributed by atoms with van der Waals surface area (Å²) in [7, 11) is 1.78. The van der Waals surface area contributed by atoms with Gasteiger partial charge in [0.1, 0.15) is 5.75 Å². The molecule has 0 aromatic heterocycles. The highest BCUT2D eigenvalue weighted by atomic mass is 16.5. The molecule has 1 unspecified atom stereocenters. The van der Waals surface area contributed by atoms with Gasteiger partial charge in [-0.25, -0.2) is 0 Å². The van der Waals surface area contributed by atoms with Crippen LogP contribution in [-0.2, 0) is 6.54 Å².